The summed E-state index contributed by atoms with van der Waals surface area (Å²) in [6.45, 7) is 3.88. The largest absolute Gasteiger partial charge is 0.342 e. The molecule has 1 N–H and O–H groups in total. The lowest BCUT2D eigenvalue weighted by molar-refractivity contribution is -0.136. The van der Waals surface area contributed by atoms with Crippen LogP contribution in [0.1, 0.15) is 31.7 Å². The number of piperidine rings is 1. The van der Waals surface area contributed by atoms with Gasteiger partial charge in [-0.15, -0.1) is 0 Å². The summed E-state index contributed by atoms with van der Waals surface area (Å²) in [5, 5.41) is 3.31. The monoisotopic (exact) mass is 352 g/mol. The lowest BCUT2D eigenvalue weighted by atomic mass is 9.94. The molecule has 0 radical (unpaired) electrons. The number of rotatable bonds is 5. The Morgan fingerprint density at radius 1 is 1.38 bits per heavy atom. The lowest BCUT2D eigenvalue weighted by Crippen LogP contribution is -2.46. The van der Waals surface area contributed by atoms with E-state index in [1.165, 1.54) is 5.56 Å². The maximum absolute atomic E-state index is 12.7. The first-order valence-electron chi connectivity index (χ1n) is 7.85. The molecule has 0 spiro atoms. The van der Waals surface area contributed by atoms with E-state index in [0.29, 0.717) is 11.9 Å². The van der Waals surface area contributed by atoms with Crippen molar-refractivity contribution in [3.63, 3.8) is 0 Å². The van der Waals surface area contributed by atoms with Gasteiger partial charge < -0.3 is 10.2 Å². The number of amides is 1. The highest BCUT2D eigenvalue weighted by Gasteiger charge is 2.27. The lowest BCUT2D eigenvalue weighted by Gasteiger charge is -2.34. The molecule has 1 atom stereocenters. The predicted octanol–water partition coefficient (Wildman–Crippen LogP) is 3.23. The van der Waals surface area contributed by atoms with Crippen molar-refractivity contribution in [1.82, 2.24) is 10.2 Å². The molecule has 21 heavy (non-hydrogen) atoms. The summed E-state index contributed by atoms with van der Waals surface area (Å²) in [7, 11) is 2.00. The molecule has 0 bridgehead atoms. The Hall–Kier alpha value is -0.870. The van der Waals surface area contributed by atoms with E-state index in [0.717, 1.165) is 43.2 Å². The molecule has 0 aliphatic carbocycles. The Morgan fingerprint density at radius 2 is 2.05 bits per heavy atom. The van der Waals surface area contributed by atoms with E-state index in [-0.39, 0.29) is 5.92 Å². The molecule has 1 aromatic carbocycles. The number of carbonyl (C=O) groups is 1. The van der Waals surface area contributed by atoms with Crippen molar-refractivity contribution in [3.8, 4) is 0 Å². The van der Waals surface area contributed by atoms with Gasteiger partial charge in [-0.05, 0) is 44.4 Å². The molecule has 4 heteroatoms. The smallest absolute Gasteiger partial charge is 0.226 e. The fourth-order valence-electron chi connectivity index (χ4n) is 2.98. The minimum absolute atomic E-state index is 0.0924. The summed E-state index contributed by atoms with van der Waals surface area (Å²) in [6.07, 6.45) is 3.84. The fraction of sp³-hybridized carbons (Fsp3) is 0.588. The topological polar surface area (TPSA) is 32.3 Å². The number of likely N-dealkylation sites (tertiary alicyclic amines) is 1. The van der Waals surface area contributed by atoms with E-state index >= 15 is 0 Å². The van der Waals surface area contributed by atoms with Gasteiger partial charge in [-0.1, -0.05) is 41.1 Å². The molecule has 1 aliphatic heterocycles. The third-order valence-corrected chi connectivity index (χ3v) is 5.25. The summed E-state index contributed by atoms with van der Waals surface area (Å²) in [5.74, 6) is 0.414. The molecule has 116 valence electrons. The van der Waals surface area contributed by atoms with Crippen LogP contribution in [0.25, 0.3) is 0 Å². The molecule has 1 unspecified atom stereocenters. The van der Waals surface area contributed by atoms with Crippen molar-refractivity contribution in [2.45, 2.75) is 38.6 Å². The van der Waals surface area contributed by atoms with Crippen molar-refractivity contribution in [2.24, 2.45) is 5.92 Å². The molecule has 1 aromatic rings. The standard InChI is InChI=1S/C17H25BrN2O/c1-3-13(12-14-6-4-5-7-16(14)18)17(21)20-10-8-15(19-2)9-11-20/h4-7,13,15,19H,3,8-12H2,1-2H3. The van der Waals surface area contributed by atoms with E-state index < -0.39 is 0 Å². The van der Waals surface area contributed by atoms with Crippen molar-refractivity contribution in [1.29, 1.82) is 0 Å². The van der Waals surface area contributed by atoms with Gasteiger partial charge in [0.1, 0.15) is 0 Å². The highest BCUT2D eigenvalue weighted by atomic mass is 79.9. The normalized spacial score (nSPS) is 17.8. The second-order valence-corrected chi connectivity index (χ2v) is 6.64. The number of halogens is 1. The Labute approximate surface area is 136 Å². The van der Waals surface area contributed by atoms with Crippen LogP contribution >= 0.6 is 15.9 Å². The Kier molecular flexibility index (Phi) is 6.24. The van der Waals surface area contributed by atoms with Gasteiger partial charge in [-0.2, -0.15) is 0 Å². The van der Waals surface area contributed by atoms with Gasteiger partial charge in [0.05, 0.1) is 0 Å². The maximum Gasteiger partial charge on any atom is 0.226 e. The third kappa shape index (κ3) is 4.30. The van der Waals surface area contributed by atoms with E-state index in [1.807, 2.05) is 25.2 Å². The van der Waals surface area contributed by atoms with Gasteiger partial charge >= 0.3 is 0 Å². The minimum atomic E-state index is 0.0924. The van der Waals surface area contributed by atoms with Gasteiger partial charge in [0.15, 0.2) is 0 Å². The second kappa shape index (κ2) is 7.95. The van der Waals surface area contributed by atoms with Crippen LogP contribution in [0.4, 0.5) is 0 Å². The van der Waals surface area contributed by atoms with Crippen LogP contribution in [0.5, 0.6) is 0 Å². The summed E-state index contributed by atoms with van der Waals surface area (Å²) >= 11 is 3.58. The Bertz CT molecular complexity index is 470. The molecule has 1 fully saturated rings. The van der Waals surface area contributed by atoms with Crippen LogP contribution in [-0.2, 0) is 11.2 Å². The molecule has 2 rings (SSSR count). The summed E-state index contributed by atoms with van der Waals surface area (Å²) < 4.78 is 1.10. The summed E-state index contributed by atoms with van der Waals surface area (Å²) in [5.41, 5.74) is 1.22. The number of hydrogen-bond acceptors (Lipinski definition) is 2. The highest BCUT2D eigenvalue weighted by molar-refractivity contribution is 9.10. The number of nitrogens with one attached hydrogen (secondary N) is 1. The van der Waals surface area contributed by atoms with Gasteiger partial charge in [0.2, 0.25) is 5.91 Å². The van der Waals surface area contributed by atoms with Crippen molar-refractivity contribution in [2.75, 3.05) is 20.1 Å². The summed E-state index contributed by atoms with van der Waals surface area (Å²) in [6, 6.07) is 8.77. The quantitative estimate of drug-likeness (QED) is 0.882. The van der Waals surface area contributed by atoms with E-state index in [2.05, 4.69) is 39.1 Å². The Morgan fingerprint density at radius 3 is 2.62 bits per heavy atom. The average Bonchev–Trinajstić information content (AvgIpc) is 2.53. The zero-order valence-corrected chi connectivity index (χ0v) is 14.5. The predicted molar refractivity (Wildman–Crippen MR) is 90.3 cm³/mol. The molecule has 0 saturated carbocycles. The average molecular weight is 353 g/mol. The zero-order chi connectivity index (χ0) is 15.2. The van der Waals surface area contributed by atoms with Crippen LogP contribution in [-0.4, -0.2) is 37.0 Å². The van der Waals surface area contributed by atoms with Crippen molar-refractivity contribution < 1.29 is 4.79 Å². The van der Waals surface area contributed by atoms with Gasteiger partial charge in [-0.3, -0.25) is 4.79 Å². The zero-order valence-electron chi connectivity index (χ0n) is 12.9. The summed E-state index contributed by atoms with van der Waals surface area (Å²) in [4.78, 5) is 14.8. The van der Waals surface area contributed by atoms with Crippen LogP contribution in [0.3, 0.4) is 0 Å². The van der Waals surface area contributed by atoms with Crippen LogP contribution in [0.15, 0.2) is 28.7 Å². The Balaban J connectivity index is 1.98. The number of hydrogen-bond donors (Lipinski definition) is 1. The first-order valence-corrected chi connectivity index (χ1v) is 8.64. The van der Waals surface area contributed by atoms with Gasteiger partial charge in [-0.25, -0.2) is 0 Å². The van der Waals surface area contributed by atoms with Crippen molar-refractivity contribution in [3.05, 3.63) is 34.3 Å². The highest BCUT2D eigenvalue weighted by Crippen LogP contribution is 2.23. The molecule has 1 saturated heterocycles. The molecular formula is C17H25BrN2O. The number of carbonyl (C=O) groups excluding carboxylic acids is 1. The first-order chi connectivity index (χ1) is 10.2. The van der Waals surface area contributed by atoms with Crippen LogP contribution in [0.2, 0.25) is 0 Å². The molecular weight excluding hydrogens is 328 g/mol. The molecule has 1 aliphatic rings. The van der Waals surface area contributed by atoms with Crippen LogP contribution < -0.4 is 5.32 Å². The van der Waals surface area contributed by atoms with E-state index in [9.17, 15) is 4.79 Å². The molecule has 3 nitrogen and oxygen atoms in total. The molecule has 0 aromatic heterocycles. The molecule has 1 heterocycles. The van der Waals surface area contributed by atoms with Crippen LogP contribution in [0, 0.1) is 5.92 Å². The van der Waals surface area contributed by atoms with Gasteiger partial charge in [0.25, 0.3) is 0 Å². The van der Waals surface area contributed by atoms with E-state index in [1.54, 1.807) is 0 Å². The molecule has 1 amide bonds. The number of benzene rings is 1. The third-order valence-electron chi connectivity index (χ3n) is 4.48. The first kappa shape index (κ1) is 16.5. The van der Waals surface area contributed by atoms with E-state index in [4.69, 9.17) is 0 Å². The second-order valence-electron chi connectivity index (χ2n) is 5.79. The maximum atomic E-state index is 12.7. The van der Waals surface area contributed by atoms with Gasteiger partial charge in [0, 0.05) is 29.5 Å². The number of nitrogens with zero attached hydrogens (tertiary/aromatic N) is 1. The fourth-order valence-corrected chi connectivity index (χ4v) is 3.43. The minimum Gasteiger partial charge on any atom is -0.342 e. The van der Waals surface area contributed by atoms with Crippen molar-refractivity contribution >= 4 is 21.8 Å². The SMILES string of the molecule is CCC(Cc1ccccc1Br)C(=O)N1CCC(NC)CC1.